The van der Waals surface area contributed by atoms with E-state index >= 15 is 0 Å². The molecule has 2 rings (SSSR count). The molecule has 6 nitrogen and oxygen atoms in total. The van der Waals surface area contributed by atoms with E-state index in [2.05, 4.69) is 10.3 Å². The van der Waals surface area contributed by atoms with Crippen molar-refractivity contribution in [2.45, 2.75) is 57.1 Å². The van der Waals surface area contributed by atoms with E-state index in [1.807, 2.05) is 10.9 Å². The Labute approximate surface area is 119 Å². The maximum absolute atomic E-state index is 11.8. The van der Waals surface area contributed by atoms with Crippen LogP contribution in [0.1, 0.15) is 51.3 Å². The average molecular weight is 281 g/mol. The van der Waals surface area contributed by atoms with E-state index < -0.39 is 5.41 Å². The van der Waals surface area contributed by atoms with E-state index in [0.717, 1.165) is 12.8 Å². The number of esters is 1. The summed E-state index contributed by atoms with van der Waals surface area (Å²) in [5.41, 5.74) is -0.158. The Balaban J connectivity index is 2.22. The molecule has 0 N–H and O–H groups in total. The molecular formula is C14H23N3O3. The average Bonchev–Trinajstić information content (AvgIpc) is 2.96. The minimum absolute atomic E-state index is 0.166. The van der Waals surface area contributed by atoms with Gasteiger partial charge in [0.15, 0.2) is 0 Å². The van der Waals surface area contributed by atoms with Gasteiger partial charge in [-0.2, -0.15) is 0 Å². The number of nitrogens with zero attached hydrogens (tertiary/aromatic N) is 3. The first-order chi connectivity index (χ1) is 9.50. The molecule has 0 bridgehead atoms. The van der Waals surface area contributed by atoms with Gasteiger partial charge in [0.1, 0.15) is 5.41 Å². The van der Waals surface area contributed by atoms with Crippen LogP contribution in [0.4, 0.5) is 0 Å². The summed E-state index contributed by atoms with van der Waals surface area (Å²) in [4.78, 5) is 11.8. The zero-order chi connectivity index (χ0) is 14.8. The molecule has 1 fully saturated rings. The Hall–Kier alpha value is -1.43. The molecule has 1 saturated carbocycles. The van der Waals surface area contributed by atoms with E-state index in [-0.39, 0.29) is 18.1 Å². The van der Waals surface area contributed by atoms with Crippen molar-refractivity contribution in [2.75, 3.05) is 14.2 Å². The standard InChI is InChI=1S/C14H23N3O3/c1-14(2,13(18)20-4)12-9-17(16-15-12)10-7-5-6-8-11(10)19-3/h9-11H,5-8H2,1-4H3/t10-,11-/m1/s1. The molecule has 1 aliphatic rings. The number of carbonyl (C=O) groups excluding carboxylic acids is 1. The Morgan fingerprint density at radius 3 is 2.70 bits per heavy atom. The highest BCUT2D eigenvalue weighted by Gasteiger charge is 2.35. The van der Waals surface area contributed by atoms with E-state index in [1.54, 1.807) is 21.0 Å². The van der Waals surface area contributed by atoms with Crippen LogP contribution in [-0.4, -0.2) is 41.3 Å². The van der Waals surface area contributed by atoms with Gasteiger partial charge in [0.25, 0.3) is 0 Å². The third kappa shape index (κ3) is 2.70. The molecule has 0 aliphatic heterocycles. The lowest BCUT2D eigenvalue weighted by Crippen LogP contribution is -2.31. The van der Waals surface area contributed by atoms with Gasteiger partial charge in [-0.25, -0.2) is 4.68 Å². The Kier molecular flexibility index (Phi) is 4.42. The van der Waals surface area contributed by atoms with Crippen molar-refractivity contribution in [1.29, 1.82) is 0 Å². The summed E-state index contributed by atoms with van der Waals surface area (Å²) >= 11 is 0. The smallest absolute Gasteiger partial charge is 0.317 e. The van der Waals surface area contributed by atoms with Crippen molar-refractivity contribution in [3.05, 3.63) is 11.9 Å². The van der Waals surface area contributed by atoms with Crippen molar-refractivity contribution in [3.63, 3.8) is 0 Å². The predicted octanol–water partition coefficient (Wildman–Crippen LogP) is 1.86. The molecule has 1 heterocycles. The van der Waals surface area contributed by atoms with Gasteiger partial charge in [-0.05, 0) is 26.7 Å². The van der Waals surface area contributed by atoms with Crippen molar-refractivity contribution >= 4 is 5.97 Å². The van der Waals surface area contributed by atoms with E-state index in [0.29, 0.717) is 5.69 Å². The van der Waals surface area contributed by atoms with Gasteiger partial charge >= 0.3 is 5.97 Å². The van der Waals surface area contributed by atoms with Gasteiger partial charge in [0.05, 0.1) is 31.1 Å². The highest BCUT2D eigenvalue weighted by molar-refractivity contribution is 5.81. The van der Waals surface area contributed by atoms with Crippen LogP contribution in [0.15, 0.2) is 6.20 Å². The SMILES string of the molecule is COC(=O)C(C)(C)c1cn([C@@H]2CCCC[C@H]2OC)nn1. The maximum Gasteiger partial charge on any atom is 0.317 e. The van der Waals surface area contributed by atoms with Crippen LogP contribution in [0.25, 0.3) is 0 Å². The molecule has 1 aliphatic carbocycles. The second kappa shape index (κ2) is 5.91. The summed E-state index contributed by atoms with van der Waals surface area (Å²) in [5, 5.41) is 8.36. The first kappa shape index (κ1) is 15.0. The molecule has 1 aromatic rings. The number of aromatic nitrogens is 3. The summed E-state index contributed by atoms with van der Waals surface area (Å²) in [5.74, 6) is -0.309. The van der Waals surface area contributed by atoms with Gasteiger partial charge in [0, 0.05) is 7.11 Å². The molecule has 112 valence electrons. The molecule has 1 aromatic heterocycles. The van der Waals surface area contributed by atoms with Crippen LogP contribution in [0.3, 0.4) is 0 Å². The molecule has 20 heavy (non-hydrogen) atoms. The number of hydrogen-bond donors (Lipinski definition) is 0. The third-order valence-electron chi connectivity index (χ3n) is 4.16. The molecule has 0 spiro atoms. The topological polar surface area (TPSA) is 66.2 Å². The molecule has 0 radical (unpaired) electrons. The fraction of sp³-hybridized carbons (Fsp3) is 0.786. The Morgan fingerprint density at radius 1 is 1.35 bits per heavy atom. The molecule has 6 heteroatoms. The number of rotatable bonds is 4. The van der Waals surface area contributed by atoms with Crippen molar-refractivity contribution in [2.24, 2.45) is 0 Å². The summed E-state index contributed by atoms with van der Waals surface area (Å²) in [7, 11) is 3.12. The van der Waals surface area contributed by atoms with Crippen LogP contribution in [0.2, 0.25) is 0 Å². The van der Waals surface area contributed by atoms with Gasteiger partial charge in [-0.1, -0.05) is 18.1 Å². The normalized spacial score (nSPS) is 23.6. The van der Waals surface area contributed by atoms with Gasteiger partial charge in [-0.3, -0.25) is 4.79 Å². The van der Waals surface area contributed by atoms with Gasteiger partial charge in [-0.15, -0.1) is 5.10 Å². The summed E-state index contributed by atoms with van der Waals surface area (Å²) < 4.78 is 12.2. The first-order valence-electron chi connectivity index (χ1n) is 7.04. The zero-order valence-corrected chi connectivity index (χ0v) is 12.6. The van der Waals surface area contributed by atoms with Crippen LogP contribution in [0.5, 0.6) is 0 Å². The largest absolute Gasteiger partial charge is 0.468 e. The highest BCUT2D eigenvalue weighted by atomic mass is 16.5. The van der Waals surface area contributed by atoms with Crippen molar-refractivity contribution in [1.82, 2.24) is 15.0 Å². The predicted molar refractivity (Wildman–Crippen MR) is 73.4 cm³/mol. The lowest BCUT2D eigenvalue weighted by atomic mass is 9.89. The van der Waals surface area contributed by atoms with Crippen molar-refractivity contribution < 1.29 is 14.3 Å². The highest BCUT2D eigenvalue weighted by Crippen LogP contribution is 2.31. The lowest BCUT2D eigenvalue weighted by molar-refractivity contribution is -0.146. The molecule has 2 atom stereocenters. The first-order valence-corrected chi connectivity index (χ1v) is 7.04. The maximum atomic E-state index is 11.8. The van der Waals surface area contributed by atoms with Crippen LogP contribution in [0, 0.1) is 0 Å². The number of carbonyl (C=O) groups is 1. The van der Waals surface area contributed by atoms with Crippen molar-refractivity contribution in [3.8, 4) is 0 Å². The van der Waals surface area contributed by atoms with E-state index in [4.69, 9.17) is 9.47 Å². The molecule has 0 aromatic carbocycles. The second-order valence-electron chi connectivity index (χ2n) is 5.83. The Bertz CT molecular complexity index is 470. The summed E-state index contributed by atoms with van der Waals surface area (Å²) in [6.45, 7) is 3.59. The number of methoxy groups -OCH3 is 2. The van der Waals surface area contributed by atoms with Gasteiger partial charge in [0.2, 0.25) is 0 Å². The minimum atomic E-state index is -0.787. The van der Waals surface area contributed by atoms with E-state index in [1.165, 1.54) is 20.0 Å². The number of ether oxygens (including phenoxy) is 2. The fourth-order valence-electron chi connectivity index (χ4n) is 2.74. The lowest BCUT2D eigenvalue weighted by Gasteiger charge is -2.30. The third-order valence-corrected chi connectivity index (χ3v) is 4.16. The molecule has 0 unspecified atom stereocenters. The minimum Gasteiger partial charge on any atom is -0.468 e. The summed E-state index contributed by atoms with van der Waals surface area (Å²) in [6.07, 6.45) is 6.43. The van der Waals surface area contributed by atoms with Crippen LogP contribution >= 0.6 is 0 Å². The molecular weight excluding hydrogens is 258 g/mol. The van der Waals surface area contributed by atoms with E-state index in [9.17, 15) is 4.79 Å². The monoisotopic (exact) mass is 281 g/mol. The quantitative estimate of drug-likeness (QED) is 0.788. The fourth-order valence-corrected chi connectivity index (χ4v) is 2.74. The number of hydrogen-bond acceptors (Lipinski definition) is 5. The van der Waals surface area contributed by atoms with Crippen LogP contribution < -0.4 is 0 Å². The molecule has 0 amide bonds. The summed E-state index contributed by atoms with van der Waals surface area (Å²) in [6, 6.07) is 0.198. The second-order valence-corrected chi connectivity index (χ2v) is 5.83. The van der Waals surface area contributed by atoms with Gasteiger partial charge < -0.3 is 9.47 Å². The Morgan fingerprint density at radius 2 is 2.05 bits per heavy atom. The molecule has 0 saturated heterocycles. The van der Waals surface area contributed by atoms with Crippen LogP contribution in [-0.2, 0) is 19.7 Å². The zero-order valence-electron chi connectivity index (χ0n) is 12.6.